The van der Waals surface area contributed by atoms with Crippen molar-refractivity contribution in [3.8, 4) is 5.75 Å². The summed E-state index contributed by atoms with van der Waals surface area (Å²) in [5.41, 5.74) is 0. The monoisotopic (exact) mass is 278 g/mol. The molecule has 0 aromatic carbocycles. The Balaban J connectivity index is 2.76. The first-order valence-electron chi connectivity index (χ1n) is 5.00. The lowest BCUT2D eigenvalue weighted by Crippen LogP contribution is -2.12. The summed E-state index contributed by atoms with van der Waals surface area (Å²) in [4.78, 5) is 11.9. The Morgan fingerprint density at radius 2 is 2.18 bits per heavy atom. The maximum atomic E-state index is 10.9. The number of ether oxygens (including phenoxy) is 1. The lowest BCUT2D eigenvalue weighted by atomic mass is 10.3. The minimum atomic E-state index is -3.10. The number of sulfone groups is 1. The highest BCUT2D eigenvalue weighted by atomic mass is 32.2. The van der Waals surface area contributed by atoms with Gasteiger partial charge in [0.1, 0.15) is 12.4 Å². The summed E-state index contributed by atoms with van der Waals surface area (Å²) in [6, 6.07) is 1.65. The second-order valence-corrected chi connectivity index (χ2v) is 6.94. The molecule has 0 aliphatic rings. The number of carboxylic acids is 1. The van der Waals surface area contributed by atoms with Crippen LogP contribution in [0, 0.1) is 0 Å². The molecule has 0 bridgehead atoms. The van der Waals surface area contributed by atoms with Gasteiger partial charge in [0.2, 0.25) is 0 Å². The van der Waals surface area contributed by atoms with Crippen LogP contribution in [0.5, 0.6) is 5.75 Å². The van der Waals surface area contributed by atoms with Gasteiger partial charge in [0.05, 0.1) is 5.75 Å². The number of aryl methyl sites for hydroxylation is 1. The normalized spacial score (nSPS) is 11.4. The number of hydrogen-bond acceptors (Lipinski definition) is 5. The zero-order valence-electron chi connectivity index (χ0n) is 9.60. The van der Waals surface area contributed by atoms with E-state index >= 15 is 0 Å². The number of carbonyl (C=O) groups is 1. The van der Waals surface area contributed by atoms with Crippen molar-refractivity contribution >= 4 is 27.1 Å². The molecule has 1 N–H and O–H groups in total. The van der Waals surface area contributed by atoms with Gasteiger partial charge in [-0.2, -0.15) is 0 Å². The van der Waals surface area contributed by atoms with Crippen LogP contribution in [0.25, 0.3) is 0 Å². The average Bonchev–Trinajstić information content (AvgIpc) is 2.59. The minimum absolute atomic E-state index is 0.0288. The molecular weight excluding hydrogens is 264 g/mol. The summed E-state index contributed by atoms with van der Waals surface area (Å²) in [5.74, 6) is -0.921. The van der Waals surface area contributed by atoms with Crippen molar-refractivity contribution in [3.63, 3.8) is 0 Å². The first-order valence-corrected chi connectivity index (χ1v) is 7.87. The third-order valence-electron chi connectivity index (χ3n) is 2.00. The van der Waals surface area contributed by atoms with E-state index in [2.05, 4.69) is 0 Å². The largest absolute Gasteiger partial charge is 0.491 e. The van der Waals surface area contributed by atoms with E-state index in [-0.39, 0.29) is 23.0 Å². The van der Waals surface area contributed by atoms with Crippen molar-refractivity contribution < 1.29 is 23.1 Å². The van der Waals surface area contributed by atoms with Crippen LogP contribution in [0.4, 0.5) is 0 Å². The summed E-state index contributed by atoms with van der Waals surface area (Å²) >= 11 is 1.15. The van der Waals surface area contributed by atoms with Gasteiger partial charge in [0.15, 0.2) is 14.7 Å². The fourth-order valence-corrected chi connectivity index (χ4v) is 2.42. The molecule has 0 radical (unpaired) electrons. The van der Waals surface area contributed by atoms with Crippen LogP contribution in [0.3, 0.4) is 0 Å². The molecule has 0 saturated heterocycles. The molecule has 17 heavy (non-hydrogen) atoms. The Kier molecular flexibility index (Phi) is 4.53. The van der Waals surface area contributed by atoms with Crippen molar-refractivity contribution in [1.29, 1.82) is 0 Å². The third kappa shape index (κ3) is 4.35. The maximum Gasteiger partial charge on any atom is 0.349 e. The standard InChI is InChI=1S/C10H14O5S2/c1-3-7-6-8(9(16-7)10(11)12)15-4-5-17(2,13)14/h6H,3-5H2,1-2H3,(H,11,12). The van der Waals surface area contributed by atoms with Crippen LogP contribution >= 0.6 is 11.3 Å². The molecule has 5 nitrogen and oxygen atoms in total. The minimum Gasteiger partial charge on any atom is -0.491 e. The SMILES string of the molecule is CCc1cc(OCCS(C)(=O)=O)c(C(=O)O)s1. The van der Waals surface area contributed by atoms with E-state index in [0.717, 1.165) is 28.9 Å². The van der Waals surface area contributed by atoms with Gasteiger partial charge in [-0.3, -0.25) is 0 Å². The molecular formula is C10H14O5S2. The van der Waals surface area contributed by atoms with Gasteiger partial charge in [-0.25, -0.2) is 13.2 Å². The number of aromatic carboxylic acids is 1. The van der Waals surface area contributed by atoms with Crippen molar-refractivity contribution in [2.45, 2.75) is 13.3 Å². The Bertz CT molecular complexity index is 501. The predicted molar refractivity (Wildman–Crippen MR) is 65.9 cm³/mol. The van der Waals surface area contributed by atoms with E-state index in [1.54, 1.807) is 6.07 Å². The molecule has 0 fully saturated rings. The topological polar surface area (TPSA) is 80.7 Å². The van der Waals surface area contributed by atoms with Gasteiger partial charge in [-0.05, 0) is 12.5 Å². The molecule has 1 aromatic heterocycles. The number of thiophene rings is 1. The third-order valence-corrected chi connectivity index (χ3v) is 4.16. The highest BCUT2D eigenvalue weighted by Gasteiger charge is 2.16. The van der Waals surface area contributed by atoms with Gasteiger partial charge < -0.3 is 9.84 Å². The summed E-state index contributed by atoms with van der Waals surface area (Å²) in [5, 5.41) is 8.95. The highest BCUT2D eigenvalue weighted by molar-refractivity contribution is 7.90. The Hall–Kier alpha value is -1.08. The number of hydrogen-bond donors (Lipinski definition) is 1. The number of rotatable bonds is 6. The molecule has 0 amide bonds. The summed E-state index contributed by atoms with van der Waals surface area (Å²) < 4.78 is 27.0. The second-order valence-electron chi connectivity index (χ2n) is 3.54. The van der Waals surface area contributed by atoms with Gasteiger partial charge >= 0.3 is 5.97 Å². The van der Waals surface area contributed by atoms with E-state index in [1.165, 1.54) is 0 Å². The second kappa shape index (κ2) is 5.50. The molecule has 0 unspecified atom stereocenters. The Morgan fingerprint density at radius 1 is 1.53 bits per heavy atom. The van der Waals surface area contributed by atoms with Gasteiger partial charge in [0.25, 0.3) is 0 Å². The molecule has 0 spiro atoms. The smallest absolute Gasteiger partial charge is 0.349 e. The van der Waals surface area contributed by atoms with Gasteiger partial charge in [-0.15, -0.1) is 11.3 Å². The molecule has 1 heterocycles. The van der Waals surface area contributed by atoms with E-state index < -0.39 is 15.8 Å². The van der Waals surface area contributed by atoms with Crippen LogP contribution in [-0.4, -0.2) is 38.1 Å². The van der Waals surface area contributed by atoms with Crippen LogP contribution in [-0.2, 0) is 16.3 Å². The van der Waals surface area contributed by atoms with E-state index in [0.29, 0.717) is 0 Å². The Labute approximate surface area is 104 Å². The molecule has 0 atom stereocenters. The summed E-state index contributed by atoms with van der Waals surface area (Å²) in [6.07, 6.45) is 1.83. The maximum absolute atomic E-state index is 10.9. The zero-order valence-corrected chi connectivity index (χ0v) is 11.2. The average molecular weight is 278 g/mol. The van der Waals surface area contributed by atoms with Gasteiger partial charge in [-0.1, -0.05) is 6.92 Å². The quantitative estimate of drug-likeness (QED) is 0.851. The molecule has 1 aromatic rings. The van der Waals surface area contributed by atoms with Crippen molar-refractivity contribution in [3.05, 3.63) is 15.8 Å². The van der Waals surface area contributed by atoms with Crippen molar-refractivity contribution in [1.82, 2.24) is 0 Å². The number of carboxylic acid groups (broad SMARTS) is 1. The van der Waals surface area contributed by atoms with Gasteiger partial charge in [0, 0.05) is 11.1 Å². The molecule has 0 aliphatic heterocycles. The molecule has 1 rings (SSSR count). The van der Waals surface area contributed by atoms with Crippen molar-refractivity contribution in [2.24, 2.45) is 0 Å². The highest BCUT2D eigenvalue weighted by Crippen LogP contribution is 2.29. The van der Waals surface area contributed by atoms with E-state index in [9.17, 15) is 13.2 Å². The summed E-state index contributed by atoms with van der Waals surface area (Å²) in [6.45, 7) is 1.89. The first kappa shape index (κ1) is 14.0. The molecule has 7 heteroatoms. The van der Waals surface area contributed by atoms with Crippen molar-refractivity contribution in [2.75, 3.05) is 18.6 Å². The van der Waals surface area contributed by atoms with E-state index in [1.807, 2.05) is 6.92 Å². The fourth-order valence-electron chi connectivity index (χ4n) is 1.16. The fraction of sp³-hybridized carbons (Fsp3) is 0.500. The molecule has 96 valence electrons. The Morgan fingerprint density at radius 3 is 2.65 bits per heavy atom. The molecule has 0 aliphatic carbocycles. The van der Waals surface area contributed by atoms with E-state index in [4.69, 9.17) is 9.84 Å². The van der Waals surface area contributed by atoms with Crippen LogP contribution in [0.15, 0.2) is 6.07 Å². The van der Waals surface area contributed by atoms with Crippen LogP contribution in [0.2, 0.25) is 0 Å². The van der Waals surface area contributed by atoms with Crippen LogP contribution in [0.1, 0.15) is 21.5 Å². The predicted octanol–water partition coefficient (Wildman–Crippen LogP) is 1.43. The summed E-state index contributed by atoms with van der Waals surface area (Å²) in [7, 11) is -3.10. The first-order chi connectivity index (χ1) is 7.83. The lowest BCUT2D eigenvalue weighted by Gasteiger charge is -2.03. The zero-order chi connectivity index (χ0) is 13.1. The van der Waals surface area contributed by atoms with Crippen LogP contribution < -0.4 is 4.74 Å². The lowest BCUT2D eigenvalue weighted by molar-refractivity contribution is 0.0698. The molecule has 0 saturated carbocycles.